The number of hydrogen-bond acceptors (Lipinski definition) is 2. The number of aryl methyl sites for hydroxylation is 2. The molecule has 0 amide bonds. The lowest BCUT2D eigenvalue weighted by atomic mass is 10.2. The van der Waals surface area contributed by atoms with Crippen LogP contribution in [0.15, 0.2) is 24.4 Å². The van der Waals surface area contributed by atoms with Crippen molar-refractivity contribution in [3.63, 3.8) is 0 Å². The zero-order valence-corrected chi connectivity index (χ0v) is 10.2. The molecule has 0 saturated heterocycles. The van der Waals surface area contributed by atoms with Crippen molar-refractivity contribution in [3.8, 4) is 5.69 Å². The maximum Gasteiger partial charge on any atom is 0.356 e. The molecule has 0 atom stereocenters. The average Bonchev–Trinajstić information content (AvgIpc) is 2.60. The summed E-state index contributed by atoms with van der Waals surface area (Å²) in [6.45, 7) is 3.64. The summed E-state index contributed by atoms with van der Waals surface area (Å²) >= 11 is 6.10. The third-order valence-corrected chi connectivity index (χ3v) is 2.75. The van der Waals surface area contributed by atoms with E-state index >= 15 is 0 Å². The minimum absolute atomic E-state index is 0.0432. The van der Waals surface area contributed by atoms with E-state index in [-0.39, 0.29) is 5.69 Å². The molecule has 0 fully saturated rings. The third-order valence-electron chi connectivity index (χ3n) is 2.45. The van der Waals surface area contributed by atoms with Crippen molar-refractivity contribution in [2.75, 3.05) is 0 Å². The molecule has 5 heteroatoms. The smallest absolute Gasteiger partial charge is 0.356 e. The van der Waals surface area contributed by atoms with E-state index in [0.717, 1.165) is 5.56 Å². The molecule has 88 valence electrons. The highest BCUT2D eigenvalue weighted by Crippen LogP contribution is 2.22. The van der Waals surface area contributed by atoms with Crippen LogP contribution in [0, 0.1) is 13.8 Å². The Morgan fingerprint density at radius 2 is 2.12 bits per heavy atom. The molecule has 0 saturated carbocycles. The van der Waals surface area contributed by atoms with Crippen molar-refractivity contribution in [1.29, 1.82) is 0 Å². The largest absolute Gasteiger partial charge is 0.476 e. The zero-order valence-electron chi connectivity index (χ0n) is 9.44. The standard InChI is InChI=1S/C12H11ClN2O2/c1-7-3-4-10(9(13)5-7)15-6-8(2)11(14-15)12(16)17/h3-6H,1-2H3,(H,16,17). The minimum Gasteiger partial charge on any atom is -0.476 e. The Morgan fingerprint density at radius 3 is 2.65 bits per heavy atom. The first-order chi connectivity index (χ1) is 7.99. The fourth-order valence-corrected chi connectivity index (χ4v) is 1.91. The van der Waals surface area contributed by atoms with Gasteiger partial charge in [0.2, 0.25) is 0 Å². The van der Waals surface area contributed by atoms with Crippen LogP contribution < -0.4 is 0 Å². The van der Waals surface area contributed by atoms with Gasteiger partial charge < -0.3 is 5.11 Å². The summed E-state index contributed by atoms with van der Waals surface area (Å²) in [4.78, 5) is 10.9. The highest BCUT2D eigenvalue weighted by molar-refractivity contribution is 6.32. The van der Waals surface area contributed by atoms with Gasteiger partial charge in [0.1, 0.15) is 0 Å². The number of hydrogen-bond donors (Lipinski definition) is 1. The molecule has 1 heterocycles. The minimum atomic E-state index is -1.04. The van der Waals surface area contributed by atoms with Crippen LogP contribution in [0.5, 0.6) is 0 Å². The van der Waals surface area contributed by atoms with E-state index in [2.05, 4.69) is 5.10 Å². The highest BCUT2D eigenvalue weighted by atomic mass is 35.5. The number of halogens is 1. The Morgan fingerprint density at radius 1 is 1.41 bits per heavy atom. The van der Waals surface area contributed by atoms with Gasteiger partial charge in [-0.2, -0.15) is 5.10 Å². The Hall–Kier alpha value is -1.81. The summed E-state index contributed by atoms with van der Waals surface area (Å²) in [5, 5.41) is 13.5. The lowest BCUT2D eigenvalue weighted by Gasteiger charge is -2.04. The van der Waals surface area contributed by atoms with Gasteiger partial charge in [-0.05, 0) is 31.5 Å². The molecule has 1 N–H and O–H groups in total. The number of carboxylic acid groups (broad SMARTS) is 1. The van der Waals surface area contributed by atoms with Crippen molar-refractivity contribution >= 4 is 17.6 Å². The predicted molar refractivity (Wildman–Crippen MR) is 65.0 cm³/mol. The Labute approximate surface area is 103 Å². The number of aromatic nitrogens is 2. The first-order valence-electron chi connectivity index (χ1n) is 5.05. The quantitative estimate of drug-likeness (QED) is 0.892. The molecule has 4 nitrogen and oxygen atoms in total. The molecule has 0 radical (unpaired) electrons. The normalized spacial score (nSPS) is 10.5. The summed E-state index contributed by atoms with van der Waals surface area (Å²) in [6, 6.07) is 5.53. The predicted octanol–water partition coefficient (Wildman–Crippen LogP) is 2.84. The molecule has 0 spiro atoms. The van der Waals surface area contributed by atoms with Crippen LogP contribution in [-0.2, 0) is 0 Å². The van der Waals surface area contributed by atoms with E-state index in [1.54, 1.807) is 13.1 Å². The van der Waals surface area contributed by atoms with Crippen LogP contribution in [0.1, 0.15) is 21.6 Å². The molecule has 0 bridgehead atoms. The topological polar surface area (TPSA) is 55.1 Å². The Bertz CT molecular complexity index is 590. The van der Waals surface area contributed by atoms with E-state index < -0.39 is 5.97 Å². The van der Waals surface area contributed by atoms with Crippen molar-refractivity contribution in [2.24, 2.45) is 0 Å². The second kappa shape index (κ2) is 4.22. The van der Waals surface area contributed by atoms with Crippen LogP contribution in [0.2, 0.25) is 5.02 Å². The first kappa shape index (κ1) is 11.7. The zero-order chi connectivity index (χ0) is 12.6. The molecular weight excluding hydrogens is 240 g/mol. The van der Waals surface area contributed by atoms with Gasteiger partial charge in [-0.1, -0.05) is 17.7 Å². The van der Waals surface area contributed by atoms with Crippen LogP contribution in [-0.4, -0.2) is 20.9 Å². The summed E-state index contributed by atoms with van der Waals surface area (Å²) in [5.74, 6) is -1.04. The number of aromatic carboxylic acids is 1. The second-order valence-electron chi connectivity index (χ2n) is 3.87. The van der Waals surface area contributed by atoms with Gasteiger partial charge in [0, 0.05) is 11.8 Å². The van der Waals surface area contributed by atoms with Gasteiger partial charge in [-0.25, -0.2) is 9.48 Å². The van der Waals surface area contributed by atoms with Gasteiger partial charge in [0.05, 0.1) is 10.7 Å². The third kappa shape index (κ3) is 2.17. The van der Waals surface area contributed by atoms with Gasteiger partial charge in [0.15, 0.2) is 5.69 Å². The molecule has 0 aliphatic heterocycles. The van der Waals surface area contributed by atoms with Gasteiger partial charge in [-0.15, -0.1) is 0 Å². The lowest BCUT2D eigenvalue weighted by molar-refractivity contribution is 0.0689. The SMILES string of the molecule is Cc1ccc(-n2cc(C)c(C(=O)O)n2)c(Cl)c1. The number of benzene rings is 1. The van der Waals surface area contributed by atoms with Crippen LogP contribution in [0.4, 0.5) is 0 Å². The van der Waals surface area contributed by atoms with Gasteiger partial charge in [-0.3, -0.25) is 0 Å². The molecule has 0 aliphatic rings. The van der Waals surface area contributed by atoms with Crippen molar-refractivity contribution in [1.82, 2.24) is 9.78 Å². The summed E-state index contributed by atoms with van der Waals surface area (Å²) < 4.78 is 1.49. The summed E-state index contributed by atoms with van der Waals surface area (Å²) in [7, 11) is 0. The van der Waals surface area contributed by atoms with Gasteiger partial charge >= 0.3 is 5.97 Å². The Kier molecular flexibility index (Phi) is 2.90. The molecule has 0 aliphatic carbocycles. The number of carbonyl (C=O) groups is 1. The van der Waals surface area contributed by atoms with E-state index in [9.17, 15) is 4.79 Å². The number of nitrogens with zero attached hydrogens (tertiary/aromatic N) is 2. The van der Waals surface area contributed by atoms with E-state index in [1.165, 1.54) is 4.68 Å². The van der Waals surface area contributed by atoms with E-state index in [1.807, 2.05) is 25.1 Å². The van der Waals surface area contributed by atoms with Crippen LogP contribution in [0.3, 0.4) is 0 Å². The monoisotopic (exact) mass is 250 g/mol. The Balaban J connectivity index is 2.53. The molecule has 1 aromatic carbocycles. The van der Waals surface area contributed by atoms with Crippen LogP contribution >= 0.6 is 11.6 Å². The average molecular weight is 251 g/mol. The van der Waals surface area contributed by atoms with Crippen molar-refractivity contribution in [3.05, 3.63) is 46.2 Å². The van der Waals surface area contributed by atoms with Crippen molar-refractivity contribution < 1.29 is 9.90 Å². The molecular formula is C12H11ClN2O2. The first-order valence-corrected chi connectivity index (χ1v) is 5.43. The maximum absolute atomic E-state index is 10.9. The fraction of sp³-hybridized carbons (Fsp3) is 0.167. The number of rotatable bonds is 2. The molecule has 2 aromatic rings. The van der Waals surface area contributed by atoms with Crippen LogP contribution in [0.25, 0.3) is 5.69 Å². The number of carboxylic acids is 1. The molecule has 2 rings (SSSR count). The fourth-order valence-electron chi connectivity index (χ4n) is 1.59. The highest BCUT2D eigenvalue weighted by Gasteiger charge is 2.14. The van der Waals surface area contributed by atoms with E-state index in [0.29, 0.717) is 16.3 Å². The molecule has 17 heavy (non-hydrogen) atoms. The molecule has 0 unspecified atom stereocenters. The maximum atomic E-state index is 10.9. The summed E-state index contributed by atoms with van der Waals surface area (Å²) in [5.41, 5.74) is 2.37. The lowest BCUT2D eigenvalue weighted by Crippen LogP contribution is -2.02. The summed E-state index contributed by atoms with van der Waals surface area (Å²) in [6.07, 6.45) is 1.65. The molecule has 1 aromatic heterocycles. The van der Waals surface area contributed by atoms with Crippen molar-refractivity contribution in [2.45, 2.75) is 13.8 Å². The second-order valence-corrected chi connectivity index (χ2v) is 4.27. The van der Waals surface area contributed by atoms with E-state index in [4.69, 9.17) is 16.7 Å². The van der Waals surface area contributed by atoms with Gasteiger partial charge in [0.25, 0.3) is 0 Å².